The minimum absolute atomic E-state index is 0.193. The van der Waals surface area contributed by atoms with Crippen LogP contribution in [0.1, 0.15) is 36.7 Å². The molecule has 3 nitrogen and oxygen atoms in total. The predicted molar refractivity (Wildman–Crippen MR) is 78.4 cm³/mol. The summed E-state index contributed by atoms with van der Waals surface area (Å²) in [5, 5.41) is 3.43. The fourth-order valence-corrected chi connectivity index (χ4v) is 2.53. The average Bonchev–Trinajstić information content (AvgIpc) is 2.40. The van der Waals surface area contributed by atoms with Crippen LogP contribution in [0.2, 0.25) is 0 Å². The molecule has 1 amide bonds. The molecule has 1 N–H and O–H groups in total. The van der Waals surface area contributed by atoms with E-state index < -0.39 is 0 Å². The highest BCUT2D eigenvalue weighted by Crippen LogP contribution is 2.19. The largest absolute Gasteiger partial charge is 0.338 e. The Hall–Kier alpha value is -1.35. The molecular formula is C16H24N2O. The highest BCUT2D eigenvalue weighted by molar-refractivity contribution is 5.96. The Bertz CT molecular complexity index is 442. The number of hydrogen-bond acceptors (Lipinski definition) is 2. The standard InChI is InChI=1S/C16H24N2O/c1-12(2)17-10-13(3)11-18-9-8-14-6-4-5-7-15(14)16(18)19/h4-7,12-13,17H,8-11H2,1-3H3. The molecule has 0 aromatic heterocycles. The number of carbonyl (C=O) groups excluding carboxylic acids is 1. The van der Waals surface area contributed by atoms with Gasteiger partial charge in [-0.2, -0.15) is 0 Å². The fraction of sp³-hybridized carbons (Fsp3) is 0.562. The lowest BCUT2D eigenvalue weighted by atomic mass is 9.98. The third-order valence-electron chi connectivity index (χ3n) is 3.59. The van der Waals surface area contributed by atoms with Crippen molar-refractivity contribution in [2.24, 2.45) is 5.92 Å². The second-order valence-electron chi connectivity index (χ2n) is 5.83. The molecule has 1 aromatic carbocycles. The first-order chi connectivity index (χ1) is 9.08. The zero-order valence-electron chi connectivity index (χ0n) is 12.1. The first-order valence-electron chi connectivity index (χ1n) is 7.18. The third kappa shape index (κ3) is 3.57. The van der Waals surface area contributed by atoms with Crippen LogP contribution in [0, 0.1) is 5.92 Å². The van der Waals surface area contributed by atoms with E-state index in [2.05, 4.69) is 32.2 Å². The van der Waals surface area contributed by atoms with Crippen LogP contribution in [0.25, 0.3) is 0 Å². The molecule has 19 heavy (non-hydrogen) atoms. The zero-order chi connectivity index (χ0) is 13.8. The number of nitrogens with zero attached hydrogens (tertiary/aromatic N) is 1. The van der Waals surface area contributed by atoms with E-state index in [1.165, 1.54) is 5.56 Å². The molecule has 0 saturated heterocycles. The topological polar surface area (TPSA) is 32.3 Å². The lowest BCUT2D eigenvalue weighted by Gasteiger charge is -2.31. The Balaban J connectivity index is 1.95. The lowest BCUT2D eigenvalue weighted by molar-refractivity contribution is 0.0715. The van der Waals surface area contributed by atoms with Crippen molar-refractivity contribution in [3.05, 3.63) is 35.4 Å². The maximum absolute atomic E-state index is 12.4. The molecule has 0 spiro atoms. The van der Waals surface area contributed by atoms with Crippen molar-refractivity contribution in [2.45, 2.75) is 33.2 Å². The predicted octanol–water partition coefficient (Wildman–Crippen LogP) is 2.32. The Labute approximate surface area is 116 Å². The summed E-state index contributed by atoms with van der Waals surface area (Å²) in [6.45, 7) is 9.14. The maximum atomic E-state index is 12.4. The number of hydrogen-bond donors (Lipinski definition) is 1. The Kier molecular flexibility index (Phi) is 4.59. The quantitative estimate of drug-likeness (QED) is 0.881. The highest BCUT2D eigenvalue weighted by Gasteiger charge is 2.24. The third-order valence-corrected chi connectivity index (χ3v) is 3.59. The number of rotatable bonds is 5. The molecular weight excluding hydrogens is 236 g/mol. The van der Waals surface area contributed by atoms with E-state index >= 15 is 0 Å². The van der Waals surface area contributed by atoms with Gasteiger partial charge in [0.05, 0.1) is 0 Å². The van der Waals surface area contributed by atoms with Crippen molar-refractivity contribution in [1.82, 2.24) is 10.2 Å². The van der Waals surface area contributed by atoms with Crippen LogP contribution >= 0.6 is 0 Å². The molecule has 0 fully saturated rings. The fourth-order valence-electron chi connectivity index (χ4n) is 2.53. The molecule has 0 saturated carbocycles. The second-order valence-corrected chi connectivity index (χ2v) is 5.83. The van der Waals surface area contributed by atoms with Gasteiger partial charge in [0.25, 0.3) is 5.91 Å². The summed E-state index contributed by atoms with van der Waals surface area (Å²) in [6.07, 6.45) is 0.978. The van der Waals surface area contributed by atoms with Crippen LogP contribution in [0.3, 0.4) is 0 Å². The summed E-state index contributed by atoms with van der Waals surface area (Å²) >= 11 is 0. The molecule has 1 aromatic rings. The van der Waals surface area contributed by atoms with Crippen LogP contribution in [0.15, 0.2) is 24.3 Å². The molecule has 0 aliphatic carbocycles. The molecule has 104 valence electrons. The SMILES string of the molecule is CC(CNC(C)C)CN1CCc2ccccc2C1=O. The van der Waals surface area contributed by atoms with Gasteiger partial charge in [0.15, 0.2) is 0 Å². The van der Waals surface area contributed by atoms with Crippen LogP contribution in [0.5, 0.6) is 0 Å². The van der Waals surface area contributed by atoms with Crippen molar-refractivity contribution < 1.29 is 4.79 Å². The van der Waals surface area contributed by atoms with E-state index in [4.69, 9.17) is 0 Å². The number of nitrogens with one attached hydrogen (secondary N) is 1. The number of carbonyl (C=O) groups is 1. The molecule has 1 atom stereocenters. The van der Waals surface area contributed by atoms with Gasteiger partial charge < -0.3 is 10.2 Å². The first-order valence-corrected chi connectivity index (χ1v) is 7.18. The van der Waals surface area contributed by atoms with E-state index in [0.717, 1.165) is 31.6 Å². The van der Waals surface area contributed by atoms with Gasteiger partial charge in [0, 0.05) is 24.7 Å². The Morgan fingerprint density at radius 1 is 1.26 bits per heavy atom. The maximum Gasteiger partial charge on any atom is 0.254 e. The average molecular weight is 260 g/mol. The molecule has 1 aliphatic rings. The molecule has 1 unspecified atom stereocenters. The minimum atomic E-state index is 0.193. The van der Waals surface area contributed by atoms with E-state index in [1.807, 2.05) is 23.1 Å². The second kappa shape index (κ2) is 6.20. The number of benzene rings is 1. The summed E-state index contributed by atoms with van der Waals surface area (Å²) in [4.78, 5) is 14.4. The first kappa shape index (κ1) is 14.1. The number of amides is 1. The van der Waals surface area contributed by atoms with Gasteiger partial charge in [-0.25, -0.2) is 0 Å². The van der Waals surface area contributed by atoms with Gasteiger partial charge in [-0.1, -0.05) is 39.0 Å². The lowest BCUT2D eigenvalue weighted by Crippen LogP contribution is -2.42. The van der Waals surface area contributed by atoms with Crippen LogP contribution in [-0.4, -0.2) is 36.5 Å². The van der Waals surface area contributed by atoms with Crippen LogP contribution < -0.4 is 5.32 Å². The van der Waals surface area contributed by atoms with Crippen LogP contribution in [0.4, 0.5) is 0 Å². The van der Waals surface area contributed by atoms with Gasteiger partial charge in [0.2, 0.25) is 0 Å². The summed E-state index contributed by atoms with van der Waals surface area (Å²) in [7, 11) is 0. The van der Waals surface area contributed by atoms with E-state index in [9.17, 15) is 4.79 Å². The van der Waals surface area contributed by atoms with Crippen molar-refractivity contribution in [3.8, 4) is 0 Å². The summed E-state index contributed by atoms with van der Waals surface area (Å²) < 4.78 is 0. The molecule has 0 radical (unpaired) electrons. The van der Waals surface area contributed by atoms with E-state index in [-0.39, 0.29) is 5.91 Å². The normalized spacial score (nSPS) is 16.6. The summed E-state index contributed by atoms with van der Waals surface area (Å²) in [6, 6.07) is 8.47. The summed E-state index contributed by atoms with van der Waals surface area (Å²) in [5.41, 5.74) is 2.08. The van der Waals surface area contributed by atoms with Gasteiger partial charge in [-0.15, -0.1) is 0 Å². The molecule has 3 heteroatoms. The van der Waals surface area contributed by atoms with Gasteiger partial charge in [-0.3, -0.25) is 4.79 Å². The highest BCUT2D eigenvalue weighted by atomic mass is 16.2. The Morgan fingerprint density at radius 2 is 2.00 bits per heavy atom. The van der Waals surface area contributed by atoms with Crippen molar-refractivity contribution in [1.29, 1.82) is 0 Å². The molecule has 1 heterocycles. The van der Waals surface area contributed by atoms with E-state index in [1.54, 1.807) is 0 Å². The monoisotopic (exact) mass is 260 g/mol. The van der Waals surface area contributed by atoms with Gasteiger partial charge in [-0.05, 0) is 30.5 Å². The van der Waals surface area contributed by atoms with Crippen LogP contribution in [-0.2, 0) is 6.42 Å². The summed E-state index contributed by atoms with van der Waals surface area (Å²) in [5.74, 6) is 0.676. The van der Waals surface area contributed by atoms with Gasteiger partial charge in [0.1, 0.15) is 0 Å². The molecule has 2 rings (SSSR count). The van der Waals surface area contributed by atoms with E-state index in [0.29, 0.717) is 12.0 Å². The Morgan fingerprint density at radius 3 is 2.74 bits per heavy atom. The van der Waals surface area contributed by atoms with Crippen molar-refractivity contribution >= 4 is 5.91 Å². The van der Waals surface area contributed by atoms with Gasteiger partial charge >= 0.3 is 0 Å². The zero-order valence-corrected chi connectivity index (χ0v) is 12.1. The minimum Gasteiger partial charge on any atom is -0.338 e. The molecule has 0 bridgehead atoms. The van der Waals surface area contributed by atoms with Crippen molar-refractivity contribution in [3.63, 3.8) is 0 Å². The number of fused-ring (bicyclic) bond motifs is 1. The smallest absolute Gasteiger partial charge is 0.254 e. The van der Waals surface area contributed by atoms with Crippen molar-refractivity contribution in [2.75, 3.05) is 19.6 Å². The molecule has 1 aliphatic heterocycles.